The van der Waals surface area contributed by atoms with Gasteiger partial charge < -0.3 is 9.80 Å². The number of urea groups is 1. The van der Waals surface area contributed by atoms with Crippen LogP contribution in [0.2, 0.25) is 0 Å². The SMILES string of the molecule is CN(C)C(=O)N1N=C(C(C)(C)C)/C(=C\C=C2\SCCN2C)C1=O. The van der Waals surface area contributed by atoms with E-state index in [9.17, 15) is 9.59 Å². The number of imide groups is 1. The lowest BCUT2D eigenvalue weighted by molar-refractivity contribution is -0.123. The summed E-state index contributed by atoms with van der Waals surface area (Å²) in [6.07, 6.45) is 3.73. The molecule has 7 heteroatoms. The molecule has 0 saturated carbocycles. The third kappa shape index (κ3) is 3.60. The smallest absolute Gasteiger partial charge is 0.347 e. The monoisotopic (exact) mass is 336 g/mol. The number of rotatable bonds is 1. The first-order valence-electron chi connectivity index (χ1n) is 7.54. The maximum Gasteiger partial charge on any atom is 0.347 e. The summed E-state index contributed by atoms with van der Waals surface area (Å²) < 4.78 is 0. The van der Waals surface area contributed by atoms with Crippen LogP contribution in [0, 0.1) is 5.41 Å². The molecule has 1 fully saturated rings. The minimum atomic E-state index is -0.430. The van der Waals surface area contributed by atoms with Crippen LogP contribution in [-0.4, -0.2) is 65.9 Å². The zero-order chi connectivity index (χ0) is 17.4. The highest BCUT2D eigenvalue weighted by molar-refractivity contribution is 8.03. The Bertz CT molecular complexity index is 614. The third-order valence-corrected chi connectivity index (χ3v) is 4.73. The van der Waals surface area contributed by atoms with Gasteiger partial charge in [-0.2, -0.15) is 5.10 Å². The largest absolute Gasteiger partial charge is 0.369 e. The van der Waals surface area contributed by atoms with E-state index in [0.29, 0.717) is 11.3 Å². The van der Waals surface area contributed by atoms with Gasteiger partial charge in [-0.3, -0.25) is 4.79 Å². The number of carbonyl (C=O) groups is 2. The summed E-state index contributed by atoms with van der Waals surface area (Å²) in [5, 5.41) is 6.37. The molecule has 0 bridgehead atoms. The summed E-state index contributed by atoms with van der Waals surface area (Å²) in [6.45, 7) is 6.96. The average Bonchev–Trinajstić information content (AvgIpc) is 2.99. The van der Waals surface area contributed by atoms with Gasteiger partial charge in [0, 0.05) is 38.9 Å². The van der Waals surface area contributed by atoms with Gasteiger partial charge in [-0.15, -0.1) is 16.8 Å². The Morgan fingerprint density at radius 2 is 1.96 bits per heavy atom. The topological polar surface area (TPSA) is 56.2 Å². The number of hydrogen-bond donors (Lipinski definition) is 0. The zero-order valence-electron chi connectivity index (χ0n) is 14.6. The van der Waals surface area contributed by atoms with E-state index in [1.54, 1.807) is 31.9 Å². The molecule has 6 nitrogen and oxygen atoms in total. The second-order valence-electron chi connectivity index (χ2n) is 6.85. The lowest BCUT2D eigenvalue weighted by Crippen LogP contribution is -2.37. The van der Waals surface area contributed by atoms with E-state index in [0.717, 1.165) is 22.3 Å². The number of carbonyl (C=O) groups excluding carboxylic acids is 2. The summed E-state index contributed by atoms with van der Waals surface area (Å²) in [4.78, 5) is 28.3. The molecule has 0 spiro atoms. The van der Waals surface area contributed by atoms with Crippen molar-refractivity contribution >= 4 is 29.4 Å². The molecule has 23 heavy (non-hydrogen) atoms. The van der Waals surface area contributed by atoms with Crippen LogP contribution in [0.1, 0.15) is 20.8 Å². The van der Waals surface area contributed by atoms with Crippen LogP contribution in [0.15, 0.2) is 27.9 Å². The predicted octanol–water partition coefficient (Wildman–Crippen LogP) is 2.36. The van der Waals surface area contributed by atoms with Gasteiger partial charge in [-0.1, -0.05) is 20.8 Å². The summed E-state index contributed by atoms with van der Waals surface area (Å²) in [5.41, 5.74) is 0.803. The zero-order valence-corrected chi connectivity index (χ0v) is 15.4. The van der Waals surface area contributed by atoms with E-state index in [1.165, 1.54) is 4.90 Å². The molecule has 1 saturated heterocycles. The van der Waals surface area contributed by atoms with E-state index < -0.39 is 6.03 Å². The minimum absolute atomic E-state index is 0.323. The van der Waals surface area contributed by atoms with Crippen molar-refractivity contribution in [3.63, 3.8) is 0 Å². The van der Waals surface area contributed by atoms with Crippen molar-refractivity contribution in [1.29, 1.82) is 0 Å². The standard InChI is InChI=1S/C16H24N4O2S/c1-16(2,3)13-11(7-8-12-19(6)9-10-23-12)14(21)20(17-13)15(22)18(4)5/h7-8H,9-10H2,1-6H3/b11-7+,12-8+. The molecule has 0 unspecified atom stereocenters. The van der Waals surface area contributed by atoms with E-state index in [2.05, 4.69) is 10.0 Å². The van der Waals surface area contributed by atoms with E-state index >= 15 is 0 Å². The molecule has 126 valence electrons. The van der Waals surface area contributed by atoms with Gasteiger partial charge >= 0.3 is 6.03 Å². The van der Waals surface area contributed by atoms with Gasteiger partial charge in [-0.25, -0.2) is 4.79 Å². The van der Waals surface area contributed by atoms with Crippen molar-refractivity contribution in [1.82, 2.24) is 14.8 Å². The fourth-order valence-electron chi connectivity index (χ4n) is 2.28. The summed E-state index contributed by atoms with van der Waals surface area (Å²) in [6, 6.07) is -0.430. The van der Waals surface area contributed by atoms with Gasteiger partial charge in [0.1, 0.15) is 0 Å². The highest BCUT2D eigenvalue weighted by Gasteiger charge is 2.39. The fraction of sp³-hybridized carbons (Fsp3) is 0.562. The van der Waals surface area contributed by atoms with Gasteiger partial charge in [0.25, 0.3) is 5.91 Å². The van der Waals surface area contributed by atoms with Crippen LogP contribution < -0.4 is 0 Å². The van der Waals surface area contributed by atoms with Crippen LogP contribution in [0.4, 0.5) is 4.79 Å². The second-order valence-corrected chi connectivity index (χ2v) is 7.96. The molecule has 0 radical (unpaired) electrons. The fourth-order valence-corrected chi connectivity index (χ4v) is 3.33. The Hall–Kier alpha value is -1.76. The molecule has 0 aliphatic carbocycles. The molecule has 2 heterocycles. The number of thioether (sulfide) groups is 1. The third-order valence-electron chi connectivity index (χ3n) is 3.60. The van der Waals surface area contributed by atoms with Crippen molar-refractivity contribution in [3.8, 4) is 0 Å². The number of hydrazone groups is 1. The van der Waals surface area contributed by atoms with Crippen molar-refractivity contribution in [2.75, 3.05) is 33.4 Å². The Labute approximate surface area is 141 Å². The van der Waals surface area contributed by atoms with Crippen molar-refractivity contribution in [2.24, 2.45) is 10.5 Å². The van der Waals surface area contributed by atoms with Gasteiger partial charge in [0.05, 0.1) is 16.3 Å². The van der Waals surface area contributed by atoms with E-state index in [1.807, 2.05) is 33.9 Å². The Morgan fingerprint density at radius 3 is 2.43 bits per heavy atom. The Balaban J connectivity index is 2.39. The molecular weight excluding hydrogens is 312 g/mol. The van der Waals surface area contributed by atoms with Gasteiger partial charge in [0.2, 0.25) is 0 Å². The Kier molecular flexibility index (Phi) is 4.89. The first-order chi connectivity index (χ1) is 10.6. The first-order valence-corrected chi connectivity index (χ1v) is 8.52. The molecule has 0 N–H and O–H groups in total. The molecule has 0 atom stereocenters. The lowest BCUT2D eigenvalue weighted by Gasteiger charge is -2.18. The molecular formula is C16H24N4O2S. The van der Waals surface area contributed by atoms with Gasteiger partial charge in [-0.05, 0) is 12.2 Å². The molecule has 2 aliphatic heterocycles. The lowest BCUT2D eigenvalue weighted by atomic mass is 9.85. The second kappa shape index (κ2) is 6.39. The van der Waals surface area contributed by atoms with Crippen LogP contribution in [0.25, 0.3) is 0 Å². The predicted molar refractivity (Wildman–Crippen MR) is 94.1 cm³/mol. The molecule has 0 aromatic carbocycles. The van der Waals surface area contributed by atoms with Crippen LogP contribution in [-0.2, 0) is 4.79 Å². The number of hydrogen-bond acceptors (Lipinski definition) is 5. The van der Waals surface area contributed by atoms with E-state index in [-0.39, 0.29) is 11.3 Å². The molecule has 0 aromatic rings. The maximum absolute atomic E-state index is 12.6. The number of amides is 3. The number of allylic oxidation sites excluding steroid dienone is 2. The molecule has 2 aliphatic rings. The average molecular weight is 336 g/mol. The number of nitrogens with zero attached hydrogens (tertiary/aromatic N) is 4. The first kappa shape index (κ1) is 17.6. The quantitative estimate of drug-likeness (QED) is 0.690. The summed E-state index contributed by atoms with van der Waals surface area (Å²) >= 11 is 1.76. The highest BCUT2D eigenvalue weighted by atomic mass is 32.2. The summed E-state index contributed by atoms with van der Waals surface area (Å²) in [5.74, 6) is 0.682. The highest BCUT2D eigenvalue weighted by Crippen LogP contribution is 2.30. The molecule has 2 rings (SSSR count). The van der Waals surface area contributed by atoms with Gasteiger partial charge in [0.15, 0.2) is 0 Å². The maximum atomic E-state index is 12.6. The van der Waals surface area contributed by atoms with Crippen LogP contribution >= 0.6 is 11.8 Å². The molecule has 3 amide bonds. The van der Waals surface area contributed by atoms with Crippen LogP contribution in [0.5, 0.6) is 0 Å². The van der Waals surface area contributed by atoms with Crippen molar-refractivity contribution in [2.45, 2.75) is 20.8 Å². The Morgan fingerprint density at radius 1 is 1.30 bits per heavy atom. The molecule has 0 aromatic heterocycles. The van der Waals surface area contributed by atoms with Crippen LogP contribution in [0.3, 0.4) is 0 Å². The summed E-state index contributed by atoms with van der Waals surface area (Å²) in [7, 11) is 5.24. The normalized spacial score (nSPS) is 22.3. The minimum Gasteiger partial charge on any atom is -0.369 e. The van der Waals surface area contributed by atoms with Crippen molar-refractivity contribution < 1.29 is 9.59 Å². The van der Waals surface area contributed by atoms with Crippen molar-refractivity contribution in [3.05, 3.63) is 22.8 Å². The van der Waals surface area contributed by atoms with E-state index in [4.69, 9.17) is 0 Å².